The molecule has 78 valence electrons. The van der Waals surface area contributed by atoms with Gasteiger partial charge in [-0.3, -0.25) is 4.98 Å². The lowest BCUT2D eigenvalue weighted by Crippen LogP contribution is -1.91. The summed E-state index contributed by atoms with van der Waals surface area (Å²) < 4.78 is 0. The van der Waals surface area contributed by atoms with Gasteiger partial charge < -0.3 is 0 Å². The summed E-state index contributed by atoms with van der Waals surface area (Å²) in [5, 5.41) is 2.62. The van der Waals surface area contributed by atoms with Gasteiger partial charge in [-0.2, -0.15) is 0 Å². The third-order valence-corrected chi connectivity index (χ3v) is 2.98. The molecule has 0 saturated carbocycles. The molecule has 1 aromatic heterocycles. The normalized spacial score (nSPS) is 11.3. The first-order chi connectivity index (χ1) is 7.09. The third-order valence-electron chi connectivity index (χ3n) is 2.98. The molecule has 1 heteroatoms. The molecule has 2 rings (SSSR count). The van der Waals surface area contributed by atoms with E-state index in [9.17, 15) is 0 Å². The van der Waals surface area contributed by atoms with Crippen LogP contribution in [-0.2, 0) is 0 Å². The Morgan fingerprint density at radius 3 is 2.47 bits per heavy atom. The molecule has 0 fully saturated rings. The van der Waals surface area contributed by atoms with E-state index < -0.39 is 0 Å². The Balaban J connectivity index is 2.76. The minimum absolute atomic E-state index is 0.578. The SMILES string of the molecule is Cc1cnc(C)c2cc(C(C)C)ccc12. The number of aryl methyl sites for hydroxylation is 2. The van der Waals surface area contributed by atoms with Gasteiger partial charge in [0.1, 0.15) is 0 Å². The van der Waals surface area contributed by atoms with Gasteiger partial charge in [0.05, 0.1) is 0 Å². The lowest BCUT2D eigenvalue weighted by molar-refractivity contribution is 0.868. The number of benzene rings is 1. The zero-order chi connectivity index (χ0) is 11.0. The summed E-state index contributed by atoms with van der Waals surface area (Å²) in [6, 6.07) is 6.71. The fourth-order valence-corrected chi connectivity index (χ4v) is 1.90. The highest BCUT2D eigenvalue weighted by Gasteiger charge is 2.04. The van der Waals surface area contributed by atoms with Crippen molar-refractivity contribution < 1.29 is 0 Å². The molecule has 15 heavy (non-hydrogen) atoms. The summed E-state index contributed by atoms with van der Waals surface area (Å²) >= 11 is 0. The zero-order valence-electron chi connectivity index (χ0n) is 9.83. The highest BCUT2D eigenvalue weighted by Crippen LogP contribution is 2.24. The highest BCUT2D eigenvalue weighted by atomic mass is 14.7. The number of hydrogen-bond donors (Lipinski definition) is 0. The molecule has 0 unspecified atom stereocenters. The Bertz CT molecular complexity index is 498. The standard InChI is InChI=1S/C14H17N/c1-9(2)12-5-6-13-10(3)8-15-11(4)14(13)7-12/h5-9H,1-4H3. The summed E-state index contributed by atoms with van der Waals surface area (Å²) in [6.45, 7) is 8.63. The van der Waals surface area contributed by atoms with Gasteiger partial charge in [0, 0.05) is 17.3 Å². The number of hydrogen-bond acceptors (Lipinski definition) is 1. The van der Waals surface area contributed by atoms with E-state index in [-0.39, 0.29) is 0 Å². The number of pyridine rings is 1. The van der Waals surface area contributed by atoms with Gasteiger partial charge in [-0.05, 0) is 42.3 Å². The monoisotopic (exact) mass is 199 g/mol. The van der Waals surface area contributed by atoms with Crippen molar-refractivity contribution >= 4 is 10.8 Å². The number of rotatable bonds is 1. The second-order valence-electron chi connectivity index (χ2n) is 4.49. The minimum Gasteiger partial charge on any atom is -0.261 e. The van der Waals surface area contributed by atoms with Gasteiger partial charge in [-0.1, -0.05) is 26.0 Å². The Kier molecular flexibility index (Phi) is 2.47. The zero-order valence-corrected chi connectivity index (χ0v) is 9.83. The van der Waals surface area contributed by atoms with E-state index >= 15 is 0 Å². The van der Waals surface area contributed by atoms with Gasteiger partial charge in [-0.15, -0.1) is 0 Å². The van der Waals surface area contributed by atoms with Gasteiger partial charge >= 0.3 is 0 Å². The first kappa shape index (κ1) is 10.2. The van der Waals surface area contributed by atoms with Crippen molar-refractivity contribution in [2.24, 2.45) is 0 Å². The number of fused-ring (bicyclic) bond motifs is 1. The van der Waals surface area contributed by atoms with Crippen molar-refractivity contribution in [3.63, 3.8) is 0 Å². The van der Waals surface area contributed by atoms with Crippen molar-refractivity contribution in [2.75, 3.05) is 0 Å². The van der Waals surface area contributed by atoms with E-state index in [0.29, 0.717) is 5.92 Å². The Morgan fingerprint density at radius 2 is 1.80 bits per heavy atom. The van der Waals surface area contributed by atoms with Crippen LogP contribution in [0.25, 0.3) is 10.8 Å². The molecule has 2 aromatic rings. The van der Waals surface area contributed by atoms with Crippen LogP contribution < -0.4 is 0 Å². The average molecular weight is 199 g/mol. The Labute approximate surface area is 91.2 Å². The van der Waals surface area contributed by atoms with Crippen molar-refractivity contribution in [1.29, 1.82) is 0 Å². The molecular formula is C14H17N. The minimum atomic E-state index is 0.578. The highest BCUT2D eigenvalue weighted by molar-refractivity contribution is 5.87. The topological polar surface area (TPSA) is 12.9 Å². The lowest BCUT2D eigenvalue weighted by atomic mass is 9.97. The van der Waals surface area contributed by atoms with Crippen molar-refractivity contribution in [2.45, 2.75) is 33.6 Å². The molecule has 0 aliphatic carbocycles. The van der Waals surface area contributed by atoms with E-state index in [1.165, 1.54) is 21.9 Å². The Morgan fingerprint density at radius 1 is 1.07 bits per heavy atom. The molecular weight excluding hydrogens is 182 g/mol. The molecule has 0 N–H and O–H groups in total. The summed E-state index contributed by atoms with van der Waals surface area (Å²) in [5.74, 6) is 0.578. The number of aromatic nitrogens is 1. The molecule has 0 amide bonds. The van der Waals surface area contributed by atoms with Gasteiger partial charge in [-0.25, -0.2) is 0 Å². The van der Waals surface area contributed by atoms with Crippen LogP contribution in [0.1, 0.15) is 36.6 Å². The maximum atomic E-state index is 4.41. The predicted molar refractivity (Wildman–Crippen MR) is 65.3 cm³/mol. The maximum absolute atomic E-state index is 4.41. The third kappa shape index (κ3) is 1.74. The molecule has 0 aliphatic rings. The summed E-state index contributed by atoms with van der Waals surface area (Å²) in [4.78, 5) is 4.41. The van der Waals surface area contributed by atoms with Crippen LogP contribution in [-0.4, -0.2) is 4.98 Å². The van der Waals surface area contributed by atoms with Crippen molar-refractivity contribution in [1.82, 2.24) is 4.98 Å². The molecule has 0 bridgehead atoms. The van der Waals surface area contributed by atoms with Gasteiger partial charge in [0.25, 0.3) is 0 Å². The Hall–Kier alpha value is -1.37. The second kappa shape index (κ2) is 3.65. The first-order valence-electron chi connectivity index (χ1n) is 5.45. The van der Waals surface area contributed by atoms with E-state index in [2.05, 4.69) is 50.9 Å². The summed E-state index contributed by atoms with van der Waals surface area (Å²) in [6.07, 6.45) is 1.95. The quantitative estimate of drug-likeness (QED) is 0.677. The largest absolute Gasteiger partial charge is 0.261 e. The molecule has 0 aliphatic heterocycles. The molecule has 0 spiro atoms. The van der Waals surface area contributed by atoms with Crippen LogP contribution in [0.5, 0.6) is 0 Å². The molecule has 0 radical (unpaired) electrons. The molecule has 0 atom stereocenters. The molecule has 1 aromatic carbocycles. The fourth-order valence-electron chi connectivity index (χ4n) is 1.90. The molecule has 1 heterocycles. The fraction of sp³-hybridized carbons (Fsp3) is 0.357. The van der Waals surface area contributed by atoms with Crippen LogP contribution in [0.3, 0.4) is 0 Å². The maximum Gasteiger partial charge on any atom is 0.0451 e. The molecule has 0 saturated heterocycles. The van der Waals surface area contributed by atoms with E-state index in [1.807, 2.05) is 6.20 Å². The van der Waals surface area contributed by atoms with Gasteiger partial charge in [0.2, 0.25) is 0 Å². The van der Waals surface area contributed by atoms with Gasteiger partial charge in [0.15, 0.2) is 0 Å². The number of nitrogens with zero attached hydrogens (tertiary/aromatic N) is 1. The smallest absolute Gasteiger partial charge is 0.0451 e. The van der Waals surface area contributed by atoms with Crippen molar-refractivity contribution in [3.8, 4) is 0 Å². The first-order valence-corrected chi connectivity index (χ1v) is 5.45. The second-order valence-corrected chi connectivity index (χ2v) is 4.49. The summed E-state index contributed by atoms with van der Waals surface area (Å²) in [7, 11) is 0. The van der Waals surface area contributed by atoms with Crippen molar-refractivity contribution in [3.05, 3.63) is 41.2 Å². The van der Waals surface area contributed by atoms with E-state index in [4.69, 9.17) is 0 Å². The van der Waals surface area contributed by atoms with Crippen LogP contribution in [0.2, 0.25) is 0 Å². The van der Waals surface area contributed by atoms with Crippen LogP contribution >= 0.6 is 0 Å². The molecule has 1 nitrogen and oxygen atoms in total. The van der Waals surface area contributed by atoms with Crippen LogP contribution in [0.15, 0.2) is 24.4 Å². The summed E-state index contributed by atoms with van der Waals surface area (Å²) in [5.41, 5.74) is 3.77. The lowest BCUT2D eigenvalue weighted by Gasteiger charge is -2.09. The van der Waals surface area contributed by atoms with Crippen LogP contribution in [0.4, 0.5) is 0 Å². The van der Waals surface area contributed by atoms with E-state index in [1.54, 1.807) is 0 Å². The van der Waals surface area contributed by atoms with E-state index in [0.717, 1.165) is 5.69 Å². The average Bonchev–Trinajstić information content (AvgIpc) is 2.23. The predicted octanol–water partition coefficient (Wildman–Crippen LogP) is 3.98. The van der Waals surface area contributed by atoms with Crippen LogP contribution in [0, 0.1) is 13.8 Å².